The maximum Gasteiger partial charge on any atom is 0.176 e. The average Bonchev–Trinajstić information content (AvgIpc) is 2.57. The zero-order chi connectivity index (χ0) is 11.7. The highest BCUT2D eigenvalue weighted by Gasteiger charge is 2.13. The van der Waals surface area contributed by atoms with Gasteiger partial charge in [0.25, 0.3) is 0 Å². The van der Waals surface area contributed by atoms with Crippen LogP contribution in [-0.2, 0) is 6.54 Å². The number of hydrogen-bond donors (Lipinski definition) is 1. The summed E-state index contributed by atoms with van der Waals surface area (Å²) < 4.78 is 1.81. The summed E-state index contributed by atoms with van der Waals surface area (Å²) in [7, 11) is 0. The van der Waals surface area contributed by atoms with Gasteiger partial charge < -0.3 is 5.73 Å². The normalized spacial score (nSPS) is 10.8. The zero-order valence-electron chi connectivity index (χ0n) is 9.73. The lowest BCUT2D eigenvalue weighted by atomic mass is 10.2. The molecule has 0 aliphatic carbocycles. The molecular formula is C11H15N5. The molecule has 0 aliphatic rings. The molecule has 0 aromatic carbocycles. The molecule has 0 saturated carbocycles. The third-order valence-corrected chi connectivity index (χ3v) is 2.80. The molecule has 2 aromatic heterocycles. The molecule has 2 N–H and O–H groups in total. The molecule has 0 atom stereocenters. The highest BCUT2D eigenvalue weighted by molar-refractivity contribution is 5.34. The van der Waals surface area contributed by atoms with E-state index in [0.717, 1.165) is 22.9 Å². The number of aryl methyl sites for hydroxylation is 1. The summed E-state index contributed by atoms with van der Waals surface area (Å²) in [4.78, 5) is 8.50. The molecule has 5 heteroatoms. The minimum atomic E-state index is 0.362. The van der Waals surface area contributed by atoms with Crippen LogP contribution in [0, 0.1) is 20.8 Å². The van der Waals surface area contributed by atoms with E-state index in [1.165, 1.54) is 5.56 Å². The summed E-state index contributed by atoms with van der Waals surface area (Å²) in [6.45, 7) is 6.41. The van der Waals surface area contributed by atoms with Gasteiger partial charge in [-0.2, -0.15) is 5.10 Å². The first-order valence-corrected chi connectivity index (χ1v) is 5.18. The molecule has 0 radical (unpaired) electrons. The molecule has 0 unspecified atom stereocenters. The van der Waals surface area contributed by atoms with Gasteiger partial charge in [-0.15, -0.1) is 0 Å². The first-order valence-electron chi connectivity index (χ1n) is 5.18. The Morgan fingerprint density at radius 1 is 1.19 bits per heavy atom. The molecule has 2 rings (SSSR count). The molecule has 0 saturated heterocycles. The maximum absolute atomic E-state index is 5.64. The van der Waals surface area contributed by atoms with E-state index in [2.05, 4.69) is 15.1 Å². The van der Waals surface area contributed by atoms with Crippen LogP contribution in [0.5, 0.6) is 0 Å². The van der Waals surface area contributed by atoms with Crippen molar-refractivity contribution in [3.05, 3.63) is 35.0 Å². The van der Waals surface area contributed by atoms with Crippen molar-refractivity contribution in [3.8, 4) is 5.82 Å². The smallest absolute Gasteiger partial charge is 0.176 e. The second kappa shape index (κ2) is 4.02. The van der Waals surface area contributed by atoms with Gasteiger partial charge >= 0.3 is 0 Å². The van der Waals surface area contributed by atoms with Gasteiger partial charge in [0.2, 0.25) is 0 Å². The van der Waals surface area contributed by atoms with Gasteiger partial charge in [0.05, 0.1) is 11.4 Å². The monoisotopic (exact) mass is 217 g/mol. The average molecular weight is 217 g/mol. The van der Waals surface area contributed by atoms with Crippen LogP contribution in [0.4, 0.5) is 0 Å². The van der Waals surface area contributed by atoms with E-state index in [9.17, 15) is 0 Å². The van der Waals surface area contributed by atoms with Crippen molar-refractivity contribution in [2.75, 3.05) is 0 Å². The highest BCUT2D eigenvalue weighted by atomic mass is 15.3. The second-order valence-corrected chi connectivity index (χ2v) is 3.74. The Morgan fingerprint density at radius 2 is 1.88 bits per heavy atom. The molecule has 2 heterocycles. The third kappa shape index (κ3) is 1.59. The SMILES string of the molecule is Cc1nn(-c2nccnc2CN)c(C)c1C. The number of hydrogen-bond acceptors (Lipinski definition) is 4. The van der Waals surface area contributed by atoms with Crippen LogP contribution in [0.25, 0.3) is 5.82 Å². The lowest BCUT2D eigenvalue weighted by Crippen LogP contribution is -2.11. The first-order chi connectivity index (χ1) is 7.65. The molecule has 2 aromatic rings. The Hall–Kier alpha value is -1.75. The Bertz CT molecular complexity index is 515. The largest absolute Gasteiger partial charge is 0.325 e. The fourth-order valence-electron chi connectivity index (χ4n) is 1.61. The van der Waals surface area contributed by atoms with E-state index >= 15 is 0 Å². The predicted octanol–water partition coefficient (Wildman–Crippen LogP) is 1.05. The van der Waals surface area contributed by atoms with Gasteiger partial charge in [-0.1, -0.05) is 0 Å². The van der Waals surface area contributed by atoms with Crippen LogP contribution < -0.4 is 5.73 Å². The molecular weight excluding hydrogens is 202 g/mol. The van der Waals surface area contributed by atoms with Crippen molar-refractivity contribution in [1.29, 1.82) is 0 Å². The maximum atomic E-state index is 5.64. The summed E-state index contributed by atoms with van der Waals surface area (Å²) in [5, 5.41) is 4.45. The minimum Gasteiger partial charge on any atom is -0.325 e. The van der Waals surface area contributed by atoms with Crippen molar-refractivity contribution in [2.24, 2.45) is 5.73 Å². The molecule has 16 heavy (non-hydrogen) atoms. The summed E-state index contributed by atoms with van der Waals surface area (Å²) in [6, 6.07) is 0. The number of nitrogens with zero attached hydrogens (tertiary/aromatic N) is 4. The van der Waals surface area contributed by atoms with Gasteiger partial charge in [0.15, 0.2) is 5.82 Å². The zero-order valence-corrected chi connectivity index (χ0v) is 9.73. The van der Waals surface area contributed by atoms with E-state index in [1.807, 2.05) is 20.8 Å². The summed E-state index contributed by atoms with van der Waals surface area (Å²) in [5.74, 6) is 0.721. The van der Waals surface area contributed by atoms with Gasteiger partial charge in [-0.25, -0.2) is 9.67 Å². The van der Waals surface area contributed by atoms with E-state index < -0.39 is 0 Å². The Labute approximate surface area is 94.3 Å². The van der Waals surface area contributed by atoms with Crippen molar-refractivity contribution < 1.29 is 0 Å². The van der Waals surface area contributed by atoms with Crippen molar-refractivity contribution in [1.82, 2.24) is 19.7 Å². The second-order valence-electron chi connectivity index (χ2n) is 3.74. The Morgan fingerprint density at radius 3 is 2.44 bits per heavy atom. The Balaban J connectivity index is 2.63. The lowest BCUT2D eigenvalue weighted by Gasteiger charge is -2.06. The van der Waals surface area contributed by atoms with Gasteiger partial charge in [0, 0.05) is 24.6 Å². The predicted molar refractivity (Wildman–Crippen MR) is 61.3 cm³/mol. The number of rotatable bonds is 2. The molecule has 0 fully saturated rings. The van der Waals surface area contributed by atoms with Gasteiger partial charge in [-0.05, 0) is 26.3 Å². The van der Waals surface area contributed by atoms with Crippen LogP contribution in [0.3, 0.4) is 0 Å². The summed E-state index contributed by atoms with van der Waals surface area (Å²) >= 11 is 0. The topological polar surface area (TPSA) is 69.6 Å². The molecule has 0 amide bonds. The van der Waals surface area contributed by atoms with E-state index in [4.69, 9.17) is 5.73 Å². The molecule has 84 valence electrons. The van der Waals surface area contributed by atoms with E-state index in [-0.39, 0.29) is 0 Å². The van der Waals surface area contributed by atoms with Crippen LogP contribution >= 0.6 is 0 Å². The van der Waals surface area contributed by atoms with Crippen LogP contribution in [-0.4, -0.2) is 19.7 Å². The minimum absolute atomic E-state index is 0.362. The fraction of sp³-hybridized carbons (Fsp3) is 0.364. The Kier molecular flexibility index (Phi) is 2.70. The summed E-state index contributed by atoms with van der Waals surface area (Å²) in [5.41, 5.74) is 9.65. The lowest BCUT2D eigenvalue weighted by molar-refractivity contribution is 0.772. The number of nitrogens with two attached hydrogens (primary N) is 1. The third-order valence-electron chi connectivity index (χ3n) is 2.80. The quantitative estimate of drug-likeness (QED) is 0.816. The molecule has 5 nitrogen and oxygen atoms in total. The van der Waals surface area contributed by atoms with Crippen molar-refractivity contribution in [3.63, 3.8) is 0 Å². The van der Waals surface area contributed by atoms with Crippen LogP contribution in [0.2, 0.25) is 0 Å². The van der Waals surface area contributed by atoms with Gasteiger partial charge in [-0.3, -0.25) is 4.98 Å². The highest BCUT2D eigenvalue weighted by Crippen LogP contribution is 2.16. The first kappa shape index (κ1) is 10.8. The fourth-order valence-corrected chi connectivity index (χ4v) is 1.61. The van der Waals surface area contributed by atoms with Crippen molar-refractivity contribution >= 4 is 0 Å². The van der Waals surface area contributed by atoms with E-state index in [0.29, 0.717) is 6.54 Å². The van der Waals surface area contributed by atoms with Crippen LogP contribution in [0.15, 0.2) is 12.4 Å². The molecule has 0 aliphatic heterocycles. The van der Waals surface area contributed by atoms with Crippen molar-refractivity contribution in [2.45, 2.75) is 27.3 Å². The molecule has 0 spiro atoms. The number of aromatic nitrogens is 4. The van der Waals surface area contributed by atoms with E-state index in [1.54, 1.807) is 17.1 Å². The molecule has 0 bridgehead atoms. The standard InChI is InChI=1S/C11H15N5/c1-7-8(2)15-16(9(7)3)11-10(6-12)13-4-5-14-11/h4-5H,6,12H2,1-3H3. The van der Waals surface area contributed by atoms with Crippen LogP contribution in [0.1, 0.15) is 22.6 Å². The van der Waals surface area contributed by atoms with Gasteiger partial charge in [0.1, 0.15) is 0 Å². The summed E-state index contributed by atoms with van der Waals surface area (Å²) in [6.07, 6.45) is 3.30.